The minimum absolute atomic E-state index is 0.101. The van der Waals surface area contributed by atoms with Crippen molar-refractivity contribution in [3.05, 3.63) is 71.3 Å². The second-order valence-corrected chi connectivity index (χ2v) is 10.5. The highest BCUT2D eigenvalue weighted by Crippen LogP contribution is 2.30. The van der Waals surface area contributed by atoms with E-state index in [9.17, 15) is 8.42 Å². The highest BCUT2D eigenvalue weighted by molar-refractivity contribution is 7.89. The van der Waals surface area contributed by atoms with Crippen molar-refractivity contribution in [2.45, 2.75) is 30.2 Å². The van der Waals surface area contributed by atoms with Crippen LogP contribution < -0.4 is 0 Å². The minimum Gasteiger partial charge on any atom is -0.274 e. The van der Waals surface area contributed by atoms with Crippen LogP contribution in [0.2, 0.25) is 0 Å². The number of piperidine rings is 1. The molecule has 0 aliphatic carbocycles. The van der Waals surface area contributed by atoms with Crippen LogP contribution in [0.5, 0.6) is 0 Å². The fourth-order valence-corrected chi connectivity index (χ4v) is 5.96. The van der Waals surface area contributed by atoms with Crippen molar-refractivity contribution >= 4 is 22.2 Å². The lowest BCUT2D eigenvalue weighted by atomic mass is 9.99. The van der Waals surface area contributed by atoms with Crippen LogP contribution in [0.4, 0.5) is 0 Å². The van der Waals surface area contributed by atoms with Crippen LogP contribution in [0, 0.1) is 4.77 Å². The van der Waals surface area contributed by atoms with Gasteiger partial charge in [-0.2, -0.15) is 19.6 Å². The van der Waals surface area contributed by atoms with Crippen LogP contribution in [0.25, 0.3) is 5.69 Å². The van der Waals surface area contributed by atoms with Crippen molar-refractivity contribution in [2.75, 3.05) is 13.1 Å². The van der Waals surface area contributed by atoms with E-state index in [1.54, 1.807) is 13.2 Å². The quantitative estimate of drug-likeness (QED) is 0.422. The van der Waals surface area contributed by atoms with Gasteiger partial charge in [-0.1, -0.05) is 30.3 Å². The number of aromatic nitrogens is 7. The summed E-state index contributed by atoms with van der Waals surface area (Å²) in [5.74, 6) is 0.612. The van der Waals surface area contributed by atoms with E-state index < -0.39 is 10.0 Å². The standard InChI is InChI=1S/C21H24N8O2S2/c1-26-15-19(11-22-26)33(30,31)28-9-5-8-17(13-28)20-24-25-21(32)29(20)18-10-23-27(14-18)12-16-6-3-2-4-7-16/h2-4,6-7,10-11,14-15,17H,5,8-9,12-13H2,1H3,(H,25,32)/t17-/m0/s1. The van der Waals surface area contributed by atoms with Crippen molar-refractivity contribution in [1.29, 1.82) is 0 Å². The lowest BCUT2D eigenvalue weighted by Crippen LogP contribution is -2.39. The Balaban J connectivity index is 1.41. The predicted molar refractivity (Wildman–Crippen MR) is 124 cm³/mol. The summed E-state index contributed by atoms with van der Waals surface area (Å²) in [4.78, 5) is 0.201. The zero-order chi connectivity index (χ0) is 23.0. The minimum atomic E-state index is -3.62. The first kappa shape index (κ1) is 21.7. The van der Waals surface area contributed by atoms with Crippen molar-refractivity contribution in [2.24, 2.45) is 7.05 Å². The maximum atomic E-state index is 13.1. The normalized spacial score (nSPS) is 17.4. The Kier molecular flexibility index (Phi) is 5.72. The van der Waals surface area contributed by atoms with Crippen LogP contribution >= 0.6 is 12.2 Å². The van der Waals surface area contributed by atoms with Gasteiger partial charge in [0.2, 0.25) is 10.0 Å². The highest BCUT2D eigenvalue weighted by atomic mass is 32.2. The Morgan fingerprint density at radius 1 is 1.15 bits per heavy atom. The first-order valence-corrected chi connectivity index (χ1v) is 12.5. The van der Waals surface area contributed by atoms with E-state index in [0.717, 1.165) is 24.1 Å². The molecule has 4 aromatic rings. The smallest absolute Gasteiger partial charge is 0.246 e. The van der Waals surface area contributed by atoms with Gasteiger partial charge in [0.25, 0.3) is 0 Å². The molecule has 1 fully saturated rings. The largest absolute Gasteiger partial charge is 0.274 e. The molecule has 0 bridgehead atoms. The monoisotopic (exact) mass is 484 g/mol. The molecule has 0 saturated carbocycles. The highest BCUT2D eigenvalue weighted by Gasteiger charge is 2.34. The third-order valence-electron chi connectivity index (χ3n) is 5.83. The number of nitrogens with zero attached hydrogens (tertiary/aromatic N) is 7. The second kappa shape index (κ2) is 8.69. The number of hydrogen-bond donors (Lipinski definition) is 1. The molecule has 12 heteroatoms. The van der Waals surface area contributed by atoms with Crippen molar-refractivity contribution in [1.82, 2.24) is 38.6 Å². The predicted octanol–water partition coefficient (Wildman–Crippen LogP) is 2.48. The number of aryl methyl sites for hydroxylation is 1. The average Bonchev–Trinajstić information content (AvgIpc) is 3.55. The first-order valence-electron chi connectivity index (χ1n) is 10.6. The van der Waals surface area contributed by atoms with E-state index >= 15 is 0 Å². The lowest BCUT2D eigenvalue weighted by molar-refractivity contribution is 0.307. The molecule has 1 saturated heterocycles. The van der Waals surface area contributed by atoms with Crippen LogP contribution in [0.15, 0.2) is 60.0 Å². The molecular weight excluding hydrogens is 460 g/mol. The van der Waals surface area contributed by atoms with Gasteiger partial charge < -0.3 is 0 Å². The van der Waals surface area contributed by atoms with Crippen molar-refractivity contribution in [3.63, 3.8) is 0 Å². The molecular formula is C21H24N8O2S2. The Labute approximate surface area is 196 Å². The second-order valence-electron chi connectivity index (χ2n) is 8.16. The molecule has 0 amide bonds. The lowest BCUT2D eigenvalue weighted by Gasteiger charge is -2.31. The maximum Gasteiger partial charge on any atom is 0.246 e. The third kappa shape index (κ3) is 4.28. The van der Waals surface area contributed by atoms with Crippen LogP contribution in [0.3, 0.4) is 0 Å². The molecule has 1 aromatic carbocycles. The van der Waals surface area contributed by atoms with Gasteiger partial charge in [0.15, 0.2) is 4.77 Å². The number of sulfonamides is 1. The summed E-state index contributed by atoms with van der Waals surface area (Å²) in [6, 6.07) is 10.1. The van der Waals surface area contributed by atoms with E-state index in [-0.39, 0.29) is 10.8 Å². The molecule has 1 aliphatic heterocycles. The summed E-state index contributed by atoms with van der Waals surface area (Å²) >= 11 is 5.51. The van der Waals surface area contributed by atoms with Crippen molar-refractivity contribution < 1.29 is 8.42 Å². The number of hydrogen-bond acceptors (Lipinski definition) is 6. The van der Waals surface area contributed by atoms with Gasteiger partial charge in [-0.15, -0.1) is 0 Å². The summed E-state index contributed by atoms with van der Waals surface area (Å²) < 4.78 is 33.4. The van der Waals surface area contributed by atoms with Crippen LogP contribution in [-0.2, 0) is 23.6 Å². The summed E-state index contributed by atoms with van der Waals surface area (Å²) in [6.45, 7) is 1.44. The van der Waals surface area contributed by atoms with Crippen LogP contribution in [-0.4, -0.2) is 60.1 Å². The SMILES string of the molecule is Cn1cc(S(=O)(=O)N2CCC[C@H](c3n[nH]c(=S)n3-c3cnn(Cc4ccccc4)c3)C2)cn1. The fourth-order valence-electron chi connectivity index (χ4n) is 4.21. The van der Waals surface area contributed by atoms with Gasteiger partial charge in [-0.05, 0) is 30.6 Å². The van der Waals surface area contributed by atoms with Gasteiger partial charge >= 0.3 is 0 Å². The van der Waals surface area contributed by atoms with Gasteiger partial charge in [0, 0.05) is 38.4 Å². The molecule has 10 nitrogen and oxygen atoms in total. The summed E-state index contributed by atoms with van der Waals surface area (Å²) in [5.41, 5.74) is 1.94. The van der Waals surface area contributed by atoms with E-state index in [1.807, 2.05) is 33.6 Å². The molecule has 4 heterocycles. The average molecular weight is 485 g/mol. The zero-order valence-corrected chi connectivity index (χ0v) is 19.7. The molecule has 0 spiro atoms. The molecule has 1 aliphatic rings. The number of rotatable bonds is 6. The number of H-pyrrole nitrogens is 1. The van der Waals surface area contributed by atoms with Crippen molar-refractivity contribution in [3.8, 4) is 5.69 Å². The Bertz CT molecular complexity index is 1420. The van der Waals surface area contributed by atoms with E-state index in [2.05, 4.69) is 32.5 Å². The molecule has 33 heavy (non-hydrogen) atoms. The Morgan fingerprint density at radius 3 is 2.73 bits per heavy atom. The zero-order valence-electron chi connectivity index (χ0n) is 18.1. The third-order valence-corrected chi connectivity index (χ3v) is 7.92. The summed E-state index contributed by atoms with van der Waals surface area (Å²) in [6.07, 6.45) is 8.14. The first-order chi connectivity index (χ1) is 15.9. The fraction of sp³-hybridized carbons (Fsp3) is 0.333. The molecule has 0 radical (unpaired) electrons. The molecule has 1 atom stereocenters. The van der Waals surface area contributed by atoms with Gasteiger partial charge in [0.1, 0.15) is 10.7 Å². The molecule has 3 aromatic heterocycles. The van der Waals surface area contributed by atoms with Gasteiger partial charge in [-0.3, -0.25) is 19.0 Å². The molecule has 5 rings (SSSR count). The maximum absolute atomic E-state index is 13.1. The Morgan fingerprint density at radius 2 is 1.97 bits per heavy atom. The van der Waals surface area contributed by atoms with E-state index in [0.29, 0.717) is 30.2 Å². The van der Waals surface area contributed by atoms with E-state index in [4.69, 9.17) is 12.2 Å². The van der Waals surface area contributed by atoms with E-state index in [1.165, 1.54) is 21.4 Å². The molecule has 1 N–H and O–H groups in total. The number of aromatic amines is 1. The molecule has 0 unspecified atom stereocenters. The van der Waals surface area contributed by atoms with Crippen LogP contribution in [0.1, 0.15) is 30.1 Å². The van der Waals surface area contributed by atoms with Gasteiger partial charge in [0.05, 0.1) is 24.6 Å². The summed E-state index contributed by atoms with van der Waals surface area (Å²) in [7, 11) is -1.92. The molecule has 172 valence electrons. The number of benzene rings is 1. The summed E-state index contributed by atoms with van der Waals surface area (Å²) in [5, 5.41) is 15.8. The topological polar surface area (TPSA) is 107 Å². The Hall–Kier alpha value is -3.09. The number of nitrogens with one attached hydrogen (secondary N) is 1. The van der Waals surface area contributed by atoms with Gasteiger partial charge in [-0.25, -0.2) is 8.42 Å².